The third-order valence-corrected chi connectivity index (χ3v) is 14.7. The maximum atomic E-state index is 13.3. The molecular weight excluding hydrogens is 1010 g/mol. The van der Waals surface area contributed by atoms with Crippen LogP contribution in [-0.2, 0) is 42.8 Å². The Balaban J connectivity index is 1.70. The fraction of sp³-hybridized carbons (Fsp3) is 0.907. The van der Waals surface area contributed by atoms with Crippen molar-refractivity contribution < 1.29 is 104 Å². The molecule has 18 atom stereocenters. The number of aliphatic carboxylic acids is 1. The lowest BCUT2D eigenvalue weighted by Crippen LogP contribution is -2.70. The molecule has 0 radical (unpaired) electrons. The van der Waals surface area contributed by atoms with E-state index >= 15 is 0 Å². The van der Waals surface area contributed by atoms with E-state index in [2.05, 4.69) is 36.6 Å². The number of carbonyl (C=O) groups excluding carboxylic acids is 2. The van der Waals surface area contributed by atoms with Crippen LogP contribution in [0.1, 0.15) is 175 Å². The number of nitrogens with one attached hydrogen (secondary N) is 2. The topological polar surface area (TPSA) is 373 Å². The first kappa shape index (κ1) is 68.7. The van der Waals surface area contributed by atoms with Gasteiger partial charge in [-0.15, -0.1) is 0 Å². The molecule has 3 aliphatic heterocycles. The lowest BCUT2D eigenvalue weighted by molar-refractivity contribution is -0.386. The van der Waals surface area contributed by atoms with Crippen molar-refractivity contribution in [2.45, 2.75) is 285 Å². The number of unbranched alkanes of at least 4 members (excludes halogenated alkanes) is 18. The summed E-state index contributed by atoms with van der Waals surface area (Å²) in [7, 11) is 0. The van der Waals surface area contributed by atoms with E-state index in [4.69, 9.17) is 28.4 Å². The molecule has 0 aromatic carbocycles. The van der Waals surface area contributed by atoms with Crippen molar-refractivity contribution >= 4 is 17.8 Å². The molecule has 0 bridgehead atoms. The number of hydrogen-bond donors (Lipinski definition) is 14. The Kier molecular flexibility index (Phi) is 33.5. The number of carboxylic acid groups (broad SMARTS) is 1. The molecule has 23 nitrogen and oxygen atoms in total. The summed E-state index contributed by atoms with van der Waals surface area (Å²) in [6, 6.07) is -2.53. The van der Waals surface area contributed by atoms with Crippen LogP contribution in [0.25, 0.3) is 0 Å². The summed E-state index contributed by atoms with van der Waals surface area (Å²) < 4.78 is 34.6. The van der Waals surface area contributed by atoms with Gasteiger partial charge < -0.3 is 100 Å². The van der Waals surface area contributed by atoms with Crippen LogP contribution >= 0.6 is 0 Å². The Morgan fingerprint density at radius 2 is 1.22 bits per heavy atom. The zero-order valence-electron chi connectivity index (χ0n) is 45.8. The number of carbonyl (C=O) groups is 3. The number of carboxylic acids is 1. The second-order valence-corrected chi connectivity index (χ2v) is 21.1. The number of rotatable bonds is 40. The predicted octanol–water partition coefficient (Wildman–Crippen LogP) is 1.21. The minimum atomic E-state index is -3.08. The van der Waals surface area contributed by atoms with Crippen molar-refractivity contribution in [2.24, 2.45) is 0 Å². The van der Waals surface area contributed by atoms with Gasteiger partial charge in [-0.3, -0.25) is 9.59 Å². The fourth-order valence-corrected chi connectivity index (χ4v) is 10.0. The summed E-state index contributed by atoms with van der Waals surface area (Å²) in [6.07, 6.45) is -1.57. The molecule has 0 aromatic rings. The Bertz CT molecular complexity index is 1650. The SMILES string of the molecule is CCCC/C=C\CCCCCCC(=O)NC(COC1OC(CO)C(OC2OC(CO)C(O)C(OC3(C(=O)O)CC(O)C(NC(C)=O)C(C(O)C(O)CO)O3)C2O)C(O)C1O)C(O)CCCCCCCCCCCCCCC. The third kappa shape index (κ3) is 22.7. The average molecular weight is 1110 g/mol. The number of hydrogen-bond acceptors (Lipinski definition) is 20. The fourth-order valence-electron chi connectivity index (χ4n) is 10.0. The number of aliphatic hydroxyl groups is 11. The smallest absolute Gasteiger partial charge is 0.364 e. The number of ether oxygens (including phenoxy) is 6. The predicted molar refractivity (Wildman–Crippen MR) is 278 cm³/mol. The molecule has 18 unspecified atom stereocenters. The molecule has 0 saturated carbocycles. The van der Waals surface area contributed by atoms with E-state index in [1.807, 2.05) is 0 Å². The maximum absolute atomic E-state index is 13.3. The van der Waals surface area contributed by atoms with Gasteiger partial charge >= 0.3 is 5.97 Å². The lowest BCUT2D eigenvalue weighted by Gasteiger charge is -2.50. The molecule has 3 saturated heterocycles. The highest BCUT2D eigenvalue weighted by Gasteiger charge is 2.60. The Labute approximate surface area is 454 Å². The largest absolute Gasteiger partial charge is 0.477 e. The van der Waals surface area contributed by atoms with Gasteiger partial charge in [-0.2, -0.15) is 0 Å². The minimum absolute atomic E-state index is 0.208. The van der Waals surface area contributed by atoms with Crippen molar-refractivity contribution in [1.29, 1.82) is 0 Å². The summed E-state index contributed by atoms with van der Waals surface area (Å²) >= 11 is 0. The molecule has 23 heteroatoms. The van der Waals surface area contributed by atoms with Crippen molar-refractivity contribution in [2.75, 3.05) is 26.4 Å². The van der Waals surface area contributed by atoms with Crippen molar-refractivity contribution in [1.82, 2.24) is 10.6 Å². The number of amides is 2. The lowest BCUT2D eigenvalue weighted by atomic mass is 9.88. The van der Waals surface area contributed by atoms with Crippen molar-refractivity contribution in [3.8, 4) is 0 Å². The van der Waals surface area contributed by atoms with Crippen LogP contribution in [0.3, 0.4) is 0 Å². The summed E-state index contributed by atoms with van der Waals surface area (Å²) in [5.74, 6) is -6.12. The van der Waals surface area contributed by atoms with Gasteiger partial charge in [0.25, 0.3) is 5.79 Å². The van der Waals surface area contributed by atoms with Crippen LogP contribution in [0.2, 0.25) is 0 Å². The van der Waals surface area contributed by atoms with Gasteiger partial charge in [-0.1, -0.05) is 135 Å². The molecule has 14 N–H and O–H groups in total. The molecule has 3 aliphatic rings. The zero-order valence-corrected chi connectivity index (χ0v) is 45.8. The monoisotopic (exact) mass is 1110 g/mol. The van der Waals surface area contributed by atoms with E-state index < -0.39 is 148 Å². The van der Waals surface area contributed by atoms with Crippen molar-refractivity contribution in [3.63, 3.8) is 0 Å². The summed E-state index contributed by atoms with van der Waals surface area (Å²) in [5.41, 5.74) is 0. The Morgan fingerprint density at radius 1 is 0.662 bits per heavy atom. The molecule has 3 heterocycles. The molecule has 3 rings (SSSR count). The Hall–Kier alpha value is -2.53. The normalized spacial score (nSPS) is 31.4. The highest BCUT2D eigenvalue weighted by Crippen LogP contribution is 2.38. The van der Waals surface area contributed by atoms with Crippen LogP contribution in [0.4, 0.5) is 0 Å². The van der Waals surface area contributed by atoms with Gasteiger partial charge in [0, 0.05) is 19.8 Å². The molecule has 450 valence electrons. The average Bonchev–Trinajstić information content (AvgIpc) is 3.40. The molecule has 0 aromatic heterocycles. The number of aliphatic hydroxyl groups excluding tert-OH is 11. The van der Waals surface area contributed by atoms with Gasteiger partial charge in [-0.05, 0) is 32.1 Å². The Morgan fingerprint density at radius 3 is 1.79 bits per heavy atom. The first-order valence-corrected chi connectivity index (χ1v) is 28.5. The molecule has 77 heavy (non-hydrogen) atoms. The quantitative estimate of drug-likeness (QED) is 0.0303. The number of allylic oxidation sites excluding steroid dienone is 2. The van der Waals surface area contributed by atoms with E-state index in [9.17, 15) is 75.7 Å². The molecular formula is C54H98N2O21. The standard InChI is InChI=1S/C54H98N2O21/c1-4-6-8-10-12-14-16-17-18-19-21-23-25-27-36(61)35(56-41(64)28-26-24-22-20-15-13-11-9-7-5-2)33-72-51-46(68)45(67)48(40(32-59)74-51)75-52-47(69)50(44(66)39(31-58)73-52)77-54(53(70)71)29-37(62)42(55-34(3)60)49(76-54)43(65)38(63)30-57/h11,13,35-40,42-52,57-59,61-63,65-69H,4-10,12,14-33H2,1-3H3,(H,55,60)(H,56,64)(H,70,71)/b13-11-. The van der Waals surface area contributed by atoms with Gasteiger partial charge in [0.15, 0.2) is 12.6 Å². The minimum Gasteiger partial charge on any atom is -0.477 e. The van der Waals surface area contributed by atoms with Crippen LogP contribution in [-0.4, -0.2) is 215 Å². The third-order valence-electron chi connectivity index (χ3n) is 14.7. The first-order valence-electron chi connectivity index (χ1n) is 28.5. The molecule has 2 amide bonds. The zero-order chi connectivity index (χ0) is 56.9. The van der Waals surface area contributed by atoms with Crippen LogP contribution in [0.5, 0.6) is 0 Å². The summed E-state index contributed by atoms with van der Waals surface area (Å²) in [5, 5.41) is 135. The summed E-state index contributed by atoms with van der Waals surface area (Å²) in [6.45, 7) is 2.08. The first-order chi connectivity index (χ1) is 36.9. The van der Waals surface area contributed by atoms with Gasteiger partial charge in [0.1, 0.15) is 67.1 Å². The van der Waals surface area contributed by atoms with Gasteiger partial charge in [0.05, 0.1) is 50.7 Å². The van der Waals surface area contributed by atoms with Crippen LogP contribution in [0.15, 0.2) is 12.2 Å². The summed E-state index contributed by atoms with van der Waals surface area (Å²) in [4.78, 5) is 38.2. The van der Waals surface area contributed by atoms with Crippen LogP contribution < -0.4 is 10.6 Å². The van der Waals surface area contributed by atoms with E-state index in [1.54, 1.807) is 0 Å². The van der Waals surface area contributed by atoms with Crippen LogP contribution in [0, 0.1) is 0 Å². The van der Waals surface area contributed by atoms with Gasteiger partial charge in [0.2, 0.25) is 11.8 Å². The van der Waals surface area contributed by atoms with Crippen molar-refractivity contribution in [3.05, 3.63) is 12.2 Å². The van der Waals surface area contributed by atoms with Gasteiger partial charge in [-0.25, -0.2) is 4.79 Å². The maximum Gasteiger partial charge on any atom is 0.364 e. The van der Waals surface area contributed by atoms with E-state index in [0.717, 1.165) is 77.6 Å². The van der Waals surface area contributed by atoms with E-state index in [0.29, 0.717) is 19.3 Å². The van der Waals surface area contributed by atoms with E-state index in [-0.39, 0.29) is 18.9 Å². The second-order valence-electron chi connectivity index (χ2n) is 21.1. The second kappa shape index (κ2) is 37.5. The van der Waals surface area contributed by atoms with E-state index in [1.165, 1.54) is 51.4 Å². The highest BCUT2D eigenvalue weighted by molar-refractivity contribution is 5.77. The molecule has 0 spiro atoms. The molecule has 3 fully saturated rings. The highest BCUT2D eigenvalue weighted by atomic mass is 16.8. The molecule has 0 aliphatic carbocycles.